The highest BCUT2D eigenvalue weighted by Gasteiger charge is 2.23. The number of sulfonamides is 1. The lowest BCUT2D eigenvalue weighted by Crippen LogP contribution is -2.26. The Balaban J connectivity index is 3.03. The second kappa shape index (κ2) is 5.47. The summed E-state index contributed by atoms with van der Waals surface area (Å²) >= 11 is 3.19. The molecule has 0 bridgehead atoms. The molecule has 0 radical (unpaired) electrons. The monoisotopic (exact) mass is 317 g/mol. The first-order valence-corrected chi connectivity index (χ1v) is 7.29. The molecule has 0 fully saturated rings. The van der Waals surface area contributed by atoms with Gasteiger partial charge in [-0.3, -0.25) is 4.72 Å². The summed E-state index contributed by atoms with van der Waals surface area (Å²) in [4.78, 5) is 4.08. The molecule has 0 aliphatic heterocycles. The molecular weight excluding hydrogens is 306 g/mol. The third-order valence-electron chi connectivity index (χ3n) is 2.19. The number of aromatic nitrogens is 1. The van der Waals surface area contributed by atoms with Crippen LogP contribution in [0.2, 0.25) is 0 Å². The first-order chi connectivity index (χ1) is 7.90. The van der Waals surface area contributed by atoms with Crippen molar-refractivity contribution in [3.8, 4) is 6.07 Å². The van der Waals surface area contributed by atoms with E-state index in [1.165, 1.54) is 0 Å². The van der Waals surface area contributed by atoms with Crippen molar-refractivity contribution in [2.75, 3.05) is 4.72 Å². The minimum Gasteiger partial charge on any atom is -0.281 e. The lowest BCUT2D eigenvalue weighted by Gasteiger charge is -2.12. The molecule has 1 aromatic rings. The van der Waals surface area contributed by atoms with Crippen LogP contribution in [-0.4, -0.2) is 18.7 Å². The van der Waals surface area contributed by atoms with Crippen LogP contribution in [0.3, 0.4) is 0 Å². The fourth-order valence-electron chi connectivity index (χ4n) is 1.24. The van der Waals surface area contributed by atoms with Crippen LogP contribution >= 0.6 is 15.9 Å². The van der Waals surface area contributed by atoms with Crippen LogP contribution in [-0.2, 0) is 10.0 Å². The average Bonchev–Trinajstić information content (AvgIpc) is 2.23. The fourth-order valence-corrected chi connectivity index (χ4v) is 2.88. The molecule has 1 rings (SSSR count). The van der Waals surface area contributed by atoms with Gasteiger partial charge in [0.25, 0.3) is 0 Å². The molecule has 17 heavy (non-hydrogen) atoms. The minimum absolute atomic E-state index is 0.245. The number of rotatable bonds is 4. The quantitative estimate of drug-likeness (QED) is 0.863. The van der Waals surface area contributed by atoms with Crippen molar-refractivity contribution in [1.82, 2.24) is 4.98 Å². The highest BCUT2D eigenvalue weighted by Crippen LogP contribution is 2.19. The van der Waals surface area contributed by atoms with Crippen LogP contribution in [0, 0.1) is 18.3 Å². The Kier molecular flexibility index (Phi) is 4.48. The molecule has 5 nitrogen and oxygen atoms in total. The third kappa shape index (κ3) is 3.41. The first-order valence-electron chi connectivity index (χ1n) is 4.95. The summed E-state index contributed by atoms with van der Waals surface area (Å²) in [6.07, 6.45) is 0.245. The molecule has 0 aromatic carbocycles. The van der Waals surface area contributed by atoms with E-state index in [1.807, 2.05) is 0 Å². The zero-order chi connectivity index (χ0) is 13.1. The van der Waals surface area contributed by atoms with Crippen molar-refractivity contribution < 1.29 is 8.42 Å². The molecule has 1 aromatic heterocycles. The average molecular weight is 318 g/mol. The van der Waals surface area contributed by atoms with Crippen LogP contribution in [0.4, 0.5) is 5.69 Å². The molecule has 0 aliphatic carbocycles. The van der Waals surface area contributed by atoms with E-state index in [2.05, 4.69) is 25.6 Å². The molecule has 1 N–H and O–H groups in total. The van der Waals surface area contributed by atoms with Gasteiger partial charge in [-0.1, -0.05) is 6.92 Å². The van der Waals surface area contributed by atoms with E-state index >= 15 is 0 Å². The fraction of sp³-hybridized carbons (Fsp3) is 0.400. The number of halogens is 1. The molecule has 0 saturated heterocycles. The zero-order valence-electron chi connectivity index (χ0n) is 9.44. The van der Waals surface area contributed by atoms with Crippen molar-refractivity contribution in [3.05, 3.63) is 22.4 Å². The Morgan fingerprint density at radius 3 is 2.71 bits per heavy atom. The number of hydrogen-bond acceptors (Lipinski definition) is 4. The Labute approximate surface area is 109 Å². The molecule has 7 heteroatoms. The highest BCUT2D eigenvalue weighted by molar-refractivity contribution is 9.10. The normalized spacial score (nSPS) is 12.8. The van der Waals surface area contributed by atoms with E-state index in [1.54, 1.807) is 32.0 Å². The van der Waals surface area contributed by atoms with Gasteiger partial charge in [0.1, 0.15) is 4.60 Å². The van der Waals surface area contributed by atoms with Crippen molar-refractivity contribution in [1.29, 1.82) is 5.26 Å². The number of anilines is 1. The van der Waals surface area contributed by atoms with Gasteiger partial charge in [0.2, 0.25) is 10.0 Å². The van der Waals surface area contributed by atoms with Gasteiger partial charge in [0.05, 0.1) is 17.5 Å². The van der Waals surface area contributed by atoms with Gasteiger partial charge in [-0.2, -0.15) is 5.26 Å². The van der Waals surface area contributed by atoms with Gasteiger partial charge in [-0.15, -0.1) is 0 Å². The van der Waals surface area contributed by atoms with Gasteiger partial charge >= 0.3 is 0 Å². The van der Waals surface area contributed by atoms with Crippen LogP contribution in [0.25, 0.3) is 0 Å². The number of hydrogen-bond donors (Lipinski definition) is 1. The van der Waals surface area contributed by atoms with Crippen molar-refractivity contribution >= 4 is 31.6 Å². The molecular formula is C10H12BrN3O2S. The SMILES string of the molecule is CCC(C#N)S(=O)(=O)Nc1ccc(Br)nc1C. The van der Waals surface area contributed by atoms with Crippen LogP contribution in [0.15, 0.2) is 16.7 Å². The lowest BCUT2D eigenvalue weighted by atomic mass is 10.3. The van der Waals surface area contributed by atoms with Crippen molar-refractivity contribution in [2.45, 2.75) is 25.5 Å². The predicted octanol–water partition coefficient (Wildman–Crippen LogP) is 2.20. The van der Waals surface area contributed by atoms with Crippen LogP contribution in [0.1, 0.15) is 19.0 Å². The summed E-state index contributed by atoms with van der Waals surface area (Å²) in [5.74, 6) is 0. The second-order valence-electron chi connectivity index (χ2n) is 3.44. The van der Waals surface area contributed by atoms with Crippen LogP contribution in [0.5, 0.6) is 0 Å². The maximum Gasteiger partial charge on any atom is 0.249 e. The topological polar surface area (TPSA) is 82.8 Å². The molecule has 1 atom stereocenters. The van der Waals surface area contributed by atoms with E-state index in [9.17, 15) is 8.42 Å². The summed E-state index contributed by atoms with van der Waals surface area (Å²) in [6, 6.07) is 5.01. The molecule has 92 valence electrons. The number of nitriles is 1. The number of pyridine rings is 1. The summed E-state index contributed by atoms with van der Waals surface area (Å²) in [7, 11) is -3.68. The number of aryl methyl sites for hydroxylation is 1. The minimum atomic E-state index is -3.68. The van der Waals surface area contributed by atoms with E-state index in [0.29, 0.717) is 16.0 Å². The molecule has 0 spiro atoms. The predicted molar refractivity (Wildman–Crippen MR) is 68.9 cm³/mol. The van der Waals surface area contributed by atoms with Gasteiger partial charge in [0, 0.05) is 0 Å². The summed E-state index contributed by atoms with van der Waals surface area (Å²) < 4.78 is 26.7. The number of nitrogens with zero attached hydrogens (tertiary/aromatic N) is 2. The Bertz CT molecular complexity index is 551. The van der Waals surface area contributed by atoms with Gasteiger partial charge < -0.3 is 0 Å². The first kappa shape index (κ1) is 13.9. The van der Waals surface area contributed by atoms with Gasteiger partial charge in [-0.25, -0.2) is 13.4 Å². The van der Waals surface area contributed by atoms with Crippen molar-refractivity contribution in [3.63, 3.8) is 0 Å². The zero-order valence-corrected chi connectivity index (χ0v) is 11.8. The molecule has 0 aliphatic rings. The third-order valence-corrected chi connectivity index (χ3v) is 4.33. The maximum absolute atomic E-state index is 11.8. The maximum atomic E-state index is 11.8. The summed E-state index contributed by atoms with van der Waals surface area (Å²) in [5.41, 5.74) is 0.942. The molecule has 0 amide bonds. The lowest BCUT2D eigenvalue weighted by molar-refractivity contribution is 0.592. The number of nitrogens with one attached hydrogen (secondary N) is 1. The van der Waals surface area contributed by atoms with E-state index in [4.69, 9.17) is 5.26 Å². The molecule has 1 unspecified atom stereocenters. The standard InChI is InChI=1S/C10H12BrN3O2S/c1-3-8(6-12)17(15,16)14-9-4-5-10(11)13-7(9)2/h4-5,8,14H,3H2,1-2H3. The largest absolute Gasteiger partial charge is 0.281 e. The van der Waals surface area contributed by atoms with Crippen LogP contribution < -0.4 is 4.72 Å². The Hall–Kier alpha value is -1.13. The smallest absolute Gasteiger partial charge is 0.249 e. The van der Waals surface area contributed by atoms with E-state index < -0.39 is 15.3 Å². The Morgan fingerprint density at radius 1 is 1.59 bits per heavy atom. The van der Waals surface area contributed by atoms with E-state index in [-0.39, 0.29) is 6.42 Å². The highest BCUT2D eigenvalue weighted by atomic mass is 79.9. The summed E-state index contributed by atoms with van der Waals surface area (Å²) in [6.45, 7) is 3.34. The Morgan fingerprint density at radius 2 is 2.24 bits per heavy atom. The van der Waals surface area contributed by atoms with E-state index in [0.717, 1.165) is 0 Å². The summed E-state index contributed by atoms with van der Waals surface area (Å²) in [5, 5.41) is 7.71. The molecule has 1 heterocycles. The van der Waals surface area contributed by atoms with Gasteiger partial charge in [0.15, 0.2) is 5.25 Å². The van der Waals surface area contributed by atoms with Crippen molar-refractivity contribution in [2.24, 2.45) is 0 Å². The second-order valence-corrected chi connectivity index (χ2v) is 6.12. The van der Waals surface area contributed by atoms with Gasteiger partial charge in [-0.05, 0) is 41.4 Å². The molecule has 0 saturated carbocycles.